The first kappa shape index (κ1) is 22.1. The van der Waals surface area contributed by atoms with Crippen molar-refractivity contribution < 1.29 is 19.1 Å². The van der Waals surface area contributed by atoms with Gasteiger partial charge in [-0.15, -0.1) is 0 Å². The van der Waals surface area contributed by atoms with Gasteiger partial charge in [-0.3, -0.25) is 9.59 Å². The van der Waals surface area contributed by atoms with Crippen molar-refractivity contribution in [2.75, 3.05) is 6.61 Å². The topological polar surface area (TPSA) is 76.4 Å². The number of ether oxygens (including phenoxy) is 2. The Labute approximate surface area is 185 Å². The third kappa shape index (κ3) is 3.73. The molecule has 0 spiro atoms. The number of hydrogen-bond acceptors (Lipinski definition) is 5. The number of nitriles is 1. The molecule has 0 saturated heterocycles. The van der Waals surface area contributed by atoms with Gasteiger partial charge in [-0.1, -0.05) is 25.5 Å². The number of carbonyl (C=O) groups is 2. The van der Waals surface area contributed by atoms with Gasteiger partial charge in [-0.2, -0.15) is 5.26 Å². The smallest absolute Gasteiger partial charge is 0.302 e. The van der Waals surface area contributed by atoms with Crippen LogP contribution in [-0.4, -0.2) is 24.6 Å². The maximum atomic E-state index is 11.4. The number of hydrogen-bond donors (Lipinski definition) is 0. The second-order valence-corrected chi connectivity index (χ2v) is 10.6. The highest BCUT2D eigenvalue weighted by Crippen LogP contribution is 2.66. The average molecular weight is 426 g/mol. The van der Waals surface area contributed by atoms with Gasteiger partial charge >= 0.3 is 11.9 Å². The first-order chi connectivity index (χ1) is 14.7. The maximum absolute atomic E-state index is 11.4. The number of esters is 2. The van der Waals surface area contributed by atoms with Gasteiger partial charge in [-0.25, -0.2) is 0 Å². The van der Waals surface area contributed by atoms with Crippen LogP contribution >= 0.6 is 0 Å². The quantitative estimate of drug-likeness (QED) is 0.350. The van der Waals surface area contributed by atoms with Crippen LogP contribution in [0.3, 0.4) is 0 Å². The van der Waals surface area contributed by atoms with Gasteiger partial charge in [-0.05, 0) is 79.1 Å². The Morgan fingerprint density at radius 3 is 2.48 bits per heavy atom. The van der Waals surface area contributed by atoms with Crippen LogP contribution in [-0.2, 0) is 19.1 Å². The molecule has 4 aliphatic rings. The number of carbonyl (C=O) groups excluding carboxylic acids is 2. The molecule has 3 saturated carbocycles. The van der Waals surface area contributed by atoms with Crippen LogP contribution in [0.2, 0.25) is 0 Å². The Balaban J connectivity index is 1.58. The maximum Gasteiger partial charge on any atom is 0.302 e. The third-order valence-electron chi connectivity index (χ3n) is 9.09. The van der Waals surface area contributed by atoms with Gasteiger partial charge in [0.15, 0.2) is 0 Å². The molecule has 0 amide bonds. The standard InChI is InChI=1S/C26H35NO4/c1-16(28)30-15-18(14-27)22-7-8-23-21-6-5-19-13-20(31-17(2)29)9-11-25(19,3)24(21)10-12-26(22,23)4/h5,20-21,23-24H,6-13,15H2,1-4H3/b22-18-/t20-,21-,23-,24-,25-,26+/m0/s1. The van der Waals surface area contributed by atoms with Gasteiger partial charge in [0.2, 0.25) is 0 Å². The molecule has 0 aromatic heterocycles. The van der Waals surface area contributed by atoms with E-state index in [2.05, 4.69) is 26.0 Å². The van der Waals surface area contributed by atoms with Crippen molar-refractivity contribution in [1.82, 2.24) is 0 Å². The van der Waals surface area contributed by atoms with Crippen molar-refractivity contribution in [3.63, 3.8) is 0 Å². The number of nitrogens with zero attached hydrogens (tertiary/aromatic N) is 1. The Kier molecular flexibility index (Phi) is 5.79. The number of allylic oxidation sites excluding steroid dienone is 2. The van der Waals surface area contributed by atoms with Crippen LogP contribution in [0.5, 0.6) is 0 Å². The van der Waals surface area contributed by atoms with Crippen molar-refractivity contribution in [3.8, 4) is 6.07 Å². The van der Waals surface area contributed by atoms with E-state index >= 15 is 0 Å². The third-order valence-corrected chi connectivity index (χ3v) is 9.09. The highest BCUT2D eigenvalue weighted by molar-refractivity contribution is 5.66. The van der Waals surface area contributed by atoms with E-state index in [0.717, 1.165) is 44.9 Å². The van der Waals surface area contributed by atoms with E-state index in [0.29, 0.717) is 23.3 Å². The predicted molar refractivity (Wildman–Crippen MR) is 117 cm³/mol. The minimum Gasteiger partial charge on any atom is -0.462 e. The van der Waals surface area contributed by atoms with Crippen LogP contribution in [0, 0.1) is 39.9 Å². The van der Waals surface area contributed by atoms with Crippen LogP contribution < -0.4 is 0 Å². The zero-order chi connectivity index (χ0) is 22.4. The zero-order valence-corrected chi connectivity index (χ0v) is 19.3. The van der Waals surface area contributed by atoms with Crippen molar-refractivity contribution in [2.24, 2.45) is 28.6 Å². The minimum atomic E-state index is -0.334. The molecular weight excluding hydrogens is 390 g/mol. The molecule has 168 valence electrons. The monoisotopic (exact) mass is 425 g/mol. The summed E-state index contributed by atoms with van der Waals surface area (Å²) in [5.41, 5.74) is 3.62. The molecule has 6 atom stereocenters. The fourth-order valence-electron chi connectivity index (χ4n) is 7.63. The van der Waals surface area contributed by atoms with E-state index in [1.165, 1.54) is 31.4 Å². The fourth-order valence-corrected chi connectivity index (χ4v) is 7.63. The van der Waals surface area contributed by atoms with Gasteiger partial charge < -0.3 is 9.47 Å². The molecule has 3 fully saturated rings. The Bertz CT molecular complexity index is 880. The summed E-state index contributed by atoms with van der Waals surface area (Å²) >= 11 is 0. The second-order valence-electron chi connectivity index (χ2n) is 10.6. The lowest BCUT2D eigenvalue weighted by Gasteiger charge is -2.57. The van der Waals surface area contributed by atoms with Crippen molar-refractivity contribution in [1.29, 1.82) is 5.26 Å². The molecule has 4 rings (SSSR count). The second kappa shape index (κ2) is 8.11. The lowest BCUT2D eigenvalue weighted by Crippen LogP contribution is -2.49. The fraction of sp³-hybridized carbons (Fsp3) is 0.731. The number of rotatable bonds is 3. The first-order valence-electron chi connectivity index (χ1n) is 11.8. The molecule has 0 radical (unpaired) electrons. The van der Waals surface area contributed by atoms with E-state index in [1.54, 1.807) is 0 Å². The summed E-state index contributed by atoms with van der Waals surface area (Å²) in [4.78, 5) is 22.7. The number of fused-ring (bicyclic) bond motifs is 5. The summed E-state index contributed by atoms with van der Waals surface area (Å²) in [6.07, 6.45) is 10.8. The van der Waals surface area contributed by atoms with Crippen LogP contribution in [0.25, 0.3) is 0 Å². The molecular formula is C26H35NO4. The van der Waals surface area contributed by atoms with Crippen molar-refractivity contribution in [2.45, 2.75) is 85.2 Å². The molecule has 0 aromatic rings. The van der Waals surface area contributed by atoms with Crippen molar-refractivity contribution >= 4 is 11.9 Å². The van der Waals surface area contributed by atoms with E-state index in [4.69, 9.17) is 9.47 Å². The van der Waals surface area contributed by atoms with E-state index in [-0.39, 0.29) is 35.5 Å². The molecule has 0 heterocycles. The molecule has 0 N–H and O–H groups in total. The molecule has 31 heavy (non-hydrogen) atoms. The lowest BCUT2D eigenvalue weighted by atomic mass is 9.47. The zero-order valence-electron chi connectivity index (χ0n) is 19.3. The van der Waals surface area contributed by atoms with E-state index in [1.807, 2.05) is 0 Å². The van der Waals surface area contributed by atoms with Gasteiger partial charge in [0, 0.05) is 20.3 Å². The van der Waals surface area contributed by atoms with Gasteiger partial charge in [0.05, 0.1) is 11.6 Å². The normalized spacial score (nSPS) is 40.4. The predicted octanol–water partition coefficient (Wildman–Crippen LogP) is 5.26. The van der Waals surface area contributed by atoms with E-state index < -0.39 is 0 Å². The van der Waals surface area contributed by atoms with Gasteiger partial charge in [0.1, 0.15) is 12.7 Å². The molecule has 5 heteroatoms. The molecule has 5 nitrogen and oxygen atoms in total. The lowest BCUT2D eigenvalue weighted by molar-refractivity contribution is -0.148. The summed E-state index contributed by atoms with van der Waals surface area (Å²) in [5.74, 6) is 1.34. The Morgan fingerprint density at radius 2 is 1.81 bits per heavy atom. The van der Waals surface area contributed by atoms with Crippen LogP contribution in [0.4, 0.5) is 0 Å². The van der Waals surface area contributed by atoms with Crippen LogP contribution in [0.1, 0.15) is 79.1 Å². The minimum absolute atomic E-state index is 0.0303. The highest BCUT2D eigenvalue weighted by Gasteiger charge is 2.57. The first-order valence-corrected chi connectivity index (χ1v) is 11.8. The summed E-state index contributed by atoms with van der Waals surface area (Å²) in [5, 5.41) is 9.77. The van der Waals surface area contributed by atoms with Gasteiger partial charge in [0.25, 0.3) is 0 Å². The molecule has 0 unspecified atom stereocenters. The summed E-state index contributed by atoms with van der Waals surface area (Å²) in [6, 6.07) is 2.35. The Hall–Kier alpha value is -2.09. The summed E-state index contributed by atoms with van der Waals surface area (Å²) in [6.45, 7) is 7.79. The largest absolute Gasteiger partial charge is 0.462 e. The molecule has 0 aromatic carbocycles. The van der Waals surface area contributed by atoms with E-state index in [9.17, 15) is 14.9 Å². The summed E-state index contributed by atoms with van der Waals surface area (Å²) < 4.78 is 10.7. The molecule has 0 bridgehead atoms. The van der Waals surface area contributed by atoms with Crippen molar-refractivity contribution in [3.05, 3.63) is 22.8 Å². The van der Waals surface area contributed by atoms with Crippen LogP contribution in [0.15, 0.2) is 22.8 Å². The Morgan fingerprint density at radius 1 is 1.10 bits per heavy atom. The molecule has 0 aliphatic heterocycles. The average Bonchev–Trinajstić information content (AvgIpc) is 3.05. The summed E-state index contributed by atoms with van der Waals surface area (Å²) in [7, 11) is 0. The molecule has 4 aliphatic carbocycles. The highest BCUT2D eigenvalue weighted by atomic mass is 16.5. The SMILES string of the molecule is CC(=O)OC/C(C#N)=C1/CC[C@H]2[C@@H]3CC=C4C[C@@H](OC(C)=O)CC[C@]4(C)[C@H]3CC[C@]12C.